The lowest BCUT2D eigenvalue weighted by Crippen LogP contribution is -2.31. The van der Waals surface area contributed by atoms with Gasteiger partial charge in [-0.2, -0.15) is 5.26 Å². The summed E-state index contributed by atoms with van der Waals surface area (Å²) in [7, 11) is 1.96. The van der Waals surface area contributed by atoms with Crippen molar-refractivity contribution in [1.82, 2.24) is 9.88 Å². The maximum Gasteiger partial charge on any atom is 0.120 e. The van der Waals surface area contributed by atoms with E-state index in [9.17, 15) is 0 Å². The Bertz CT molecular complexity index is 447. The van der Waals surface area contributed by atoms with Gasteiger partial charge in [0.2, 0.25) is 0 Å². The van der Waals surface area contributed by atoms with Crippen LogP contribution in [0.2, 0.25) is 0 Å². The third kappa shape index (κ3) is 2.59. The zero-order valence-corrected chi connectivity index (χ0v) is 11.7. The number of aromatic nitrogens is 1. The van der Waals surface area contributed by atoms with Crippen LogP contribution in [0, 0.1) is 24.2 Å². The summed E-state index contributed by atoms with van der Waals surface area (Å²) in [5, 5.41) is 12.6. The predicted molar refractivity (Wildman–Crippen MR) is 73.1 cm³/mol. The lowest BCUT2D eigenvalue weighted by molar-refractivity contribution is 0.380. The average Bonchev–Trinajstić information content (AvgIpc) is 2.98. The number of hydrogen-bond donors (Lipinski definition) is 1. The SMILES string of the molecule is Cc1c(CN[C@@H](C)C2CCCC2)cc(C#N)n1C. The fraction of sp³-hybridized carbons (Fsp3) is 0.667. The predicted octanol–water partition coefficient (Wildman–Crippen LogP) is 2.87. The summed E-state index contributed by atoms with van der Waals surface area (Å²) in [5.41, 5.74) is 3.19. The molecule has 0 saturated heterocycles. The molecule has 98 valence electrons. The van der Waals surface area contributed by atoms with Gasteiger partial charge in [0.15, 0.2) is 0 Å². The molecule has 18 heavy (non-hydrogen) atoms. The van der Waals surface area contributed by atoms with E-state index in [0.717, 1.165) is 18.2 Å². The van der Waals surface area contributed by atoms with Gasteiger partial charge in [0.25, 0.3) is 0 Å². The minimum absolute atomic E-state index is 0.581. The van der Waals surface area contributed by atoms with Crippen LogP contribution in [-0.4, -0.2) is 10.6 Å². The maximum absolute atomic E-state index is 9.01. The molecule has 0 aromatic carbocycles. The second-order valence-corrected chi connectivity index (χ2v) is 5.53. The molecule has 3 nitrogen and oxygen atoms in total. The number of rotatable bonds is 4. The fourth-order valence-electron chi connectivity index (χ4n) is 2.94. The summed E-state index contributed by atoms with van der Waals surface area (Å²) in [6.45, 7) is 5.25. The molecule has 0 unspecified atom stereocenters. The summed E-state index contributed by atoms with van der Waals surface area (Å²) in [4.78, 5) is 0. The van der Waals surface area contributed by atoms with E-state index in [1.165, 1.54) is 36.9 Å². The quantitative estimate of drug-likeness (QED) is 0.886. The Balaban J connectivity index is 1.95. The molecule has 1 fully saturated rings. The average molecular weight is 245 g/mol. The molecule has 2 rings (SSSR count). The Hall–Kier alpha value is -1.27. The molecule has 0 aliphatic heterocycles. The van der Waals surface area contributed by atoms with Crippen molar-refractivity contribution in [1.29, 1.82) is 5.26 Å². The second-order valence-electron chi connectivity index (χ2n) is 5.53. The molecule has 0 radical (unpaired) electrons. The van der Waals surface area contributed by atoms with E-state index in [1.54, 1.807) is 0 Å². The summed E-state index contributed by atoms with van der Waals surface area (Å²) in [6, 6.07) is 4.82. The molecule has 1 aromatic heterocycles. The van der Waals surface area contributed by atoms with Crippen molar-refractivity contribution in [2.24, 2.45) is 13.0 Å². The first kappa shape index (κ1) is 13.2. The van der Waals surface area contributed by atoms with Crippen LogP contribution in [0.15, 0.2) is 6.07 Å². The first-order chi connectivity index (χ1) is 8.63. The van der Waals surface area contributed by atoms with Crippen LogP contribution in [0.3, 0.4) is 0 Å². The maximum atomic E-state index is 9.01. The number of nitriles is 1. The van der Waals surface area contributed by atoms with Crippen LogP contribution in [0.1, 0.15) is 49.6 Å². The van der Waals surface area contributed by atoms with Gasteiger partial charge < -0.3 is 9.88 Å². The Morgan fingerprint density at radius 3 is 2.72 bits per heavy atom. The van der Waals surface area contributed by atoms with Crippen LogP contribution < -0.4 is 5.32 Å². The smallest absolute Gasteiger partial charge is 0.120 e. The molecular formula is C15H23N3. The van der Waals surface area contributed by atoms with Crippen molar-refractivity contribution in [3.63, 3.8) is 0 Å². The second kappa shape index (κ2) is 5.58. The van der Waals surface area contributed by atoms with E-state index >= 15 is 0 Å². The molecule has 1 aliphatic rings. The molecule has 0 spiro atoms. The van der Waals surface area contributed by atoms with E-state index in [0.29, 0.717) is 6.04 Å². The molecule has 1 heterocycles. The summed E-state index contributed by atoms with van der Waals surface area (Å²) in [6.07, 6.45) is 5.51. The van der Waals surface area contributed by atoms with Gasteiger partial charge in [-0.25, -0.2) is 0 Å². The van der Waals surface area contributed by atoms with Gasteiger partial charge >= 0.3 is 0 Å². The van der Waals surface area contributed by atoms with Gasteiger partial charge in [-0.05, 0) is 44.2 Å². The summed E-state index contributed by atoms with van der Waals surface area (Å²) in [5.74, 6) is 0.837. The van der Waals surface area contributed by atoms with Crippen molar-refractivity contribution in [3.8, 4) is 6.07 Å². The number of nitrogens with one attached hydrogen (secondary N) is 1. The Kier molecular flexibility index (Phi) is 4.08. The normalized spacial score (nSPS) is 17.9. The number of nitrogens with zero attached hydrogens (tertiary/aromatic N) is 2. The lowest BCUT2D eigenvalue weighted by atomic mass is 9.99. The minimum atomic E-state index is 0.581. The van der Waals surface area contributed by atoms with Gasteiger partial charge in [-0.1, -0.05) is 12.8 Å². The van der Waals surface area contributed by atoms with E-state index in [2.05, 4.69) is 25.2 Å². The van der Waals surface area contributed by atoms with Crippen molar-refractivity contribution < 1.29 is 0 Å². The van der Waals surface area contributed by atoms with Crippen molar-refractivity contribution in [2.45, 2.75) is 52.1 Å². The monoisotopic (exact) mass is 245 g/mol. The topological polar surface area (TPSA) is 40.8 Å². The molecule has 0 amide bonds. The molecule has 1 N–H and O–H groups in total. The standard InChI is InChI=1S/C15H23N3/c1-11(13-6-4-5-7-13)17-10-14-8-15(9-16)18(3)12(14)2/h8,11,13,17H,4-7,10H2,1-3H3/t11-/m0/s1. The first-order valence-corrected chi connectivity index (χ1v) is 6.92. The third-order valence-corrected chi connectivity index (χ3v) is 4.48. The van der Waals surface area contributed by atoms with Crippen LogP contribution in [-0.2, 0) is 13.6 Å². The molecule has 1 atom stereocenters. The van der Waals surface area contributed by atoms with Crippen LogP contribution in [0.25, 0.3) is 0 Å². The first-order valence-electron chi connectivity index (χ1n) is 6.92. The highest BCUT2D eigenvalue weighted by Crippen LogP contribution is 2.27. The van der Waals surface area contributed by atoms with Crippen LogP contribution >= 0.6 is 0 Å². The van der Waals surface area contributed by atoms with Gasteiger partial charge in [-0.15, -0.1) is 0 Å². The highest BCUT2D eigenvalue weighted by molar-refractivity contribution is 5.34. The summed E-state index contributed by atoms with van der Waals surface area (Å²) >= 11 is 0. The fourth-order valence-corrected chi connectivity index (χ4v) is 2.94. The molecule has 1 aromatic rings. The molecule has 0 bridgehead atoms. The van der Waals surface area contributed by atoms with E-state index in [-0.39, 0.29) is 0 Å². The minimum Gasteiger partial charge on any atom is -0.340 e. The van der Waals surface area contributed by atoms with Crippen LogP contribution in [0.4, 0.5) is 0 Å². The highest BCUT2D eigenvalue weighted by atomic mass is 15.0. The van der Waals surface area contributed by atoms with Gasteiger partial charge in [0, 0.05) is 25.3 Å². The number of hydrogen-bond acceptors (Lipinski definition) is 2. The van der Waals surface area contributed by atoms with E-state index < -0.39 is 0 Å². The lowest BCUT2D eigenvalue weighted by Gasteiger charge is -2.20. The van der Waals surface area contributed by atoms with Crippen molar-refractivity contribution in [2.75, 3.05) is 0 Å². The summed E-state index contributed by atoms with van der Waals surface area (Å²) < 4.78 is 1.97. The third-order valence-electron chi connectivity index (χ3n) is 4.48. The zero-order valence-electron chi connectivity index (χ0n) is 11.7. The van der Waals surface area contributed by atoms with Crippen LogP contribution in [0.5, 0.6) is 0 Å². The van der Waals surface area contributed by atoms with Gasteiger partial charge in [0.1, 0.15) is 11.8 Å². The zero-order chi connectivity index (χ0) is 13.1. The Morgan fingerprint density at radius 1 is 1.50 bits per heavy atom. The van der Waals surface area contributed by atoms with Gasteiger partial charge in [-0.3, -0.25) is 0 Å². The van der Waals surface area contributed by atoms with Gasteiger partial charge in [0.05, 0.1) is 0 Å². The molecular weight excluding hydrogens is 222 g/mol. The van der Waals surface area contributed by atoms with E-state index in [4.69, 9.17) is 5.26 Å². The van der Waals surface area contributed by atoms with Crippen molar-refractivity contribution in [3.05, 3.63) is 23.0 Å². The molecule has 1 aliphatic carbocycles. The van der Waals surface area contributed by atoms with Crippen molar-refractivity contribution >= 4 is 0 Å². The molecule has 1 saturated carbocycles. The Labute approximate surface area is 110 Å². The van der Waals surface area contributed by atoms with E-state index in [1.807, 2.05) is 17.7 Å². The molecule has 3 heteroatoms. The highest BCUT2D eigenvalue weighted by Gasteiger charge is 2.21. The Morgan fingerprint density at radius 2 is 2.17 bits per heavy atom. The largest absolute Gasteiger partial charge is 0.340 e.